The van der Waals surface area contributed by atoms with E-state index in [9.17, 15) is 8.42 Å². The van der Waals surface area contributed by atoms with E-state index in [-0.39, 0.29) is 17.5 Å². The topological polar surface area (TPSA) is 150 Å². The highest BCUT2D eigenvalue weighted by molar-refractivity contribution is 7.90. The van der Waals surface area contributed by atoms with Crippen molar-refractivity contribution in [2.45, 2.75) is 11.6 Å². The van der Waals surface area contributed by atoms with Gasteiger partial charge in [-0.15, -0.1) is 11.3 Å². The van der Waals surface area contributed by atoms with Crippen LogP contribution in [0, 0.1) is 0 Å². The maximum absolute atomic E-state index is 11.6. The van der Waals surface area contributed by atoms with Gasteiger partial charge in [0.2, 0.25) is 5.13 Å². The van der Waals surface area contributed by atoms with Crippen LogP contribution >= 0.6 is 11.3 Å². The number of pyridine rings is 1. The molecule has 8 nitrogen and oxygen atoms in total. The molecule has 2 heterocycles. The fourth-order valence-corrected chi connectivity index (χ4v) is 2.86. The van der Waals surface area contributed by atoms with Crippen LogP contribution in [-0.4, -0.2) is 30.6 Å². The molecule has 0 fully saturated rings. The molecule has 6 N–H and O–H groups in total. The highest BCUT2D eigenvalue weighted by atomic mass is 32.2. The Morgan fingerprint density at radius 3 is 2.62 bits per heavy atom. The predicted octanol–water partition coefficient (Wildman–Crippen LogP) is -0.0278. The number of nitrogens with two attached hydrogens (primary N) is 3. The summed E-state index contributed by atoms with van der Waals surface area (Å²) >= 11 is 1.22. The molecule has 0 saturated heterocycles. The molecule has 0 aliphatic heterocycles. The molecule has 10 heteroatoms. The Hall–Kier alpha value is -2.04. The fraction of sp³-hybridized carbons (Fsp3) is 0.182. The van der Waals surface area contributed by atoms with Gasteiger partial charge in [-0.3, -0.25) is 0 Å². The second-order valence-corrected chi connectivity index (χ2v) is 6.98. The van der Waals surface area contributed by atoms with Gasteiger partial charge in [-0.05, 0) is 11.6 Å². The largest absolute Gasteiger partial charge is 0.370 e. The van der Waals surface area contributed by atoms with Crippen molar-refractivity contribution in [3.63, 3.8) is 0 Å². The van der Waals surface area contributed by atoms with E-state index >= 15 is 0 Å². The Kier molecular flexibility index (Phi) is 4.21. The molecule has 2 aromatic heterocycles. The molecule has 0 unspecified atom stereocenters. The van der Waals surface area contributed by atoms with Crippen LogP contribution in [0.3, 0.4) is 0 Å². The van der Waals surface area contributed by atoms with Crippen LogP contribution in [0.15, 0.2) is 27.5 Å². The van der Waals surface area contributed by atoms with Crippen LogP contribution in [-0.2, 0) is 16.4 Å². The highest BCUT2D eigenvalue weighted by Gasteiger charge is 2.15. The zero-order valence-electron chi connectivity index (χ0n) is 11.1. The van der Waals surface area contributed by atoms with Crippen molar-refractivity contribution in [1.29, 1.82) is 0 Å². The van der Waals surface area contributed by atoms with E-state index < -0.39 is 9.84 Å². The second kappa shape index (κ2) is 5.76. The van der Waals surface area contributed by atoms with Crippen molar-refractivity contribution < 1.29 is 8.42 Å². The Balaban J connectivity index is 2.56. The number of nitrogens with zero attached hydrogens (tertiary/aromatic N) is 3. The zero-order chi connectivity index (χ0) is 15.6. The molecule has 0 amide bonds. The molecule has 2 rings (SSSR count). The van der Waals surface area contributed by atoms with Gasteiger partial charge in [-0.1, -0.05) is 6.07 Å². The first-order valence-electron chi connectivity index (χ1n) is 5.77. The molecule has 0 spiro atoms. The van der Waals surface area contributed by atoms with Gasteiger partial charge in [0.15, 0.2) is 20.8 Å². The Labute approximate surface area is 125 Å². The summed E-state index contributed by atoms with van der Waals surface area (Å²) < 4.78 is 23.2. The van der Waals surface area contributed by atoms with Gasteiger partial charge in [0.25, 0.3) is 0 Å². The minimum Gasteiger partial charge on any atom is -0.370 e. The third-order valence-corrected chi connectivity index (χ3v) is 4.23. The van der Waals surface area contributed by atoms with Gasteiger partial charge in [0.1, 0.15) is 5.69 Å². The summed E-state index contributed by atoms with van der Waals surface area (Å²) in [5.41, 5.74) is 17.8. The Bertz CT molecular complexity index is 793. The molecule has 21 heavy (non-hydrogen) atoms. The summed E-state index contributed by atoms with van der Waals surface area (Å²) in [6.45, 7) is 0.210. The lowest BCUT2D eigenvalue weighted by Gasteiger charge is -2.06. The van der Waals surface area contributed by atoms with Crippen molar-refractivity contribution in [2.24, 2.45) is 22.2 Å². The van der Waals surface area contributed by atoms with Crippen molar-refractivity contribution in [3.8, 4) is 11.4 Å². The predicted molar refractivity (Wildman–Crippen MR) is 81.8 cm³/mol. The van der Waals surface area contributed by atoms with E-state index in [2.05, 4.69) is 15.0 Å². The van der Waals surface area contributed by atoms with Crippen molar-refractivity contribution >= 4 is 32.3 Å². The third-order valence-electron chi connectivity index (χ3n) is 2.51. The first kappa shape index (κ1) is 15.4. The fourth-order valence-electron chi connectivity index (χ4n) is 1.60. The normalized spacial score (nSPS) is 11.3. The van der Waals surface area contributed by atoms with E-state index in [1.165, 1.54) is 17.4 Å². The van der Waals surface area contributed by atoms with Crippen LogP contribution in [0.2, 0.25) is 0 Å². The third kappa shape index (κ3) is 3.54. The summed E-state index contributed by atoms with van der Waals surface area (Å²) in [5.74, 6) is -0.104. The number of sulfone groups is 1. The molecule has 0 saturated carbocycles. The molecule has 0 atom stereocenters. The summed E-state index contributed by atoms with van der Waals surface area (Å²) in [6, 6.07) is 3.04. The quantitative estimate of drug-likeness (QED) is 0.527. The minimum atomic E-state index is -3.41. The van der Waals surface area contributed by atoms with Gasteiger partial charge in [-0.25, -0.2) is 18.4 Å². The van der Waals surface area contributed by atoms with E-state index in [1.807, 2.05) is 0 Å². The first-order chi connectivity index (χ1) is 9.81. The summed E-state index contributed by atoms with van der Waals surface area (Å²) in [6.07, 6.45) is 1.09. The molecular formula is C11H14N6O2S2. The van der Waals surface area contributed by atoms with Crippen LogP contribution in [0.1, 0.15) is 5.56 Å². The SMILES string of the molecule is CS(=O)(=O)c1ccc(CN)c(-c2csc(N=C(N)N)n2)n1. The molecule has 112 valence electrons. The molecular weight excluding hydrogens is 312 g/mol. The maximum atomic E-state index is 11.6. The van der Waals surface area contributed by atoms with Gasteiger partial charge < -0.3 is 17.2 Å². The number of guanidine groups is 1. The minimum absolute atomic E-state index is 0.0360. The number of hydrogen-bond donors (Lipinski definition) is 3. The molecule has 0 radical (unpaired) electrons. The van der Waals surface area contributed by atoms with Gasteiger partial charge >= 0.3 is 0 Å². The first-order valence-corrected chi connectivity index (χ1v) is 8.54. The molecule has 0 aromatic carbocycles. The van der Waals surface area contributed by atoms with Gasteiger partial charge in [0, 0.05) is 18.2 Å². The number of aromatic nitrogens is 2. The van der Waals surface area contributed by atoms with Crippen LogP contribution in [0.25, 0.3) is 11.4 Å². The summed E-state index contributed by atoms with van der Waals surface area (Å²) in [5, 5.41) is 2.01. The number of rotatable bonds is 4. The molecule has 2 aromatic rings. The summed E-state index contributed by atoms with van der Waals surface area (Å²) in [7, 11) is -3.41. The highest BCUT2D eigenvalue weighted by Crippen LogP contribution is 2.28. The van der Waals surface area contributed by atoms with Crippen molar-refractivity contribution in [2.75, 3.05) is 6.26 Å². The Morgan fingerprint density at radius 1 is 1.33 bits per heavy atom. The standard InChI is InChI=1S/C11H14N6O2S2/c1-21(18,19)8-3-2-6(4-12)9(16-8)7-5-20-11(15-7)17-10(13)14/h2-3,5H,4,12H2,1H3,(H4,13,14,15,17). The average molecular weight is 326 g/mol. The van der Waals surface area contributed by atoms with E-state index in [4.69, 9.17) is 17.2 Å². The molecule has 0 aliphatic rings. The van der Waals surface area contributed by atoms with Crippen LogP contribution in [0.5, 0.6) is 0 Å². The second-order valence-electron chi connectivity index (χ2n) is 4.19. The lowest BCUT2D eigenvalue weighted by molar-refractivity contribution is 0.598. The number of hydrogen-bond acceptors (Lipinski definition) is 7. The van der Waals surface area contributed by atoms with Crippen LogP contribution < -0.4 is 17.2 Å². The van der Waals surface area contributed by atoms with E-state index in [0.717, 1.165) is 6.26 Å². The monoisotopic (exact) mass is 326 g/mol. The molecule has 0 bridgehead atoms. The smallest absolute Gasteiger partial charge is 0.212 e. The van der Waals surface area contributed by atoms with Crippen LogP contribution in [0.4, 0.5) is 5.13 Å². The summed E-state index contributed by atoms with van der Waals surface area (Å²) in [4.78, 5) is 12.2. The lowest BCUT2D eigenvalue weighted by atomic mass is 10.1. The van der Waals surface area contributed by atoms with E-state index in [1.54, 1.807) is 11.4 Å². The lowest BCUT2D eigenvalue weighted by Crippen LogP contribution is -2.21. The zero-order valence-corrected chi connectivity index (χ0v) is 12.8. The number of aliphatic imine (C=N–C) groups is 1. The van der Waals surface area contributed by atoms with Crippen molar-refractivity contribution in [3.05, 3.63) is 23.1 Å². The maximum Gasteiger partial charge on any atom is 0.212 e. The van der Waals surface area contributed by atoms with E-state index in [0.29, 0.717) is 22.1 Å². The van der Waals surface area contributed by atoms with Gasteiger partial charge in [0.05, 0.1) is 5.69 Å². The van der Waals surface area contributed by atoms with Gasteiger partial charge in [-0.2, -0.15) is 4.99 Å². The average Bonchev–Trinajstić information content (AvgIpc) is 2.84. The number of thiazole rings is 1. The Morgan fingerprint density at radius 2 is 2.05 bits per heavy atom. The molecule has 0 aliphatic carbocycles. The van der Waals surface area contributed by atoms with Crippen molar-refractivity contribution in [1.82, 2.24) is 9.97 Å².